The van der Waals surface area contributed by atoms with Crippen molar-refractivity contribution in [3.05, 3.63) is 277 Å². The molecule has 0 saturated carbocycles. The predicted molar refractivity (Wildman–Crippen MR) is 408 cm³/mol. The van der Waals surface area contributed by atoms with Crippen LogP contribution < -0.4 is 0 Å². The van der Waals surface area contributed by atoms with Crippen molar-refractivity contribution in [2.75, 3.05) is 0 Å². The van der Waals surface area contributed by atoms with Gasteiger partial charge in [0.15, 0.2) is 23.3 Å². The van der Waals surface area contributed by atoms with Crippen LogP contribution in [-0.4, -0.2) is 0 Å². The van der Waals surface area contributed by atoms with Crippen molar-refractivity contribution >= 4 is 58.0 Å². The molecule has 0 atom stereocenters. The van der Waals surface area contributed by atoms with Crippen LogP contribution in [0.4, 0.5) is 39.5 Å². The molecule has 0 aliphatic rings. The molecule has 0 radical (unpaired) electrons. The molecule has 8 aromatic carbocycles. The van der Waals surface area contributed by atoms with Gasteiger partial charge in [0.05, 0.1) is 0 Å². The van der Waals surface area contributed by atoms with E-state index in [9.17, 15) is 39.5 Å². The highest BCUT2D eigenvalue weighted by Crippen LogP contribution is 2.29. The molecule has 8 aromatic rings. The van der Waals surface area contributed by atoms with Crippen molar-refractivity contribution in [3.63, 3.8) is 0 Å². The van der Waals surface area contributed by atoms with Gasteiger partial charge < -0.3 is 0 Å². The number of benzene rings is 8. The molecule has 0 fully saturated rings. The van der Waals surface area contributed by atoms with Gasteiger partial charge in [0.2, 0.25) is 5.82 Å². The molecule has 0 spiro atoms. The molecule has 0 aliphatic carbocycles. The largest absolute Gasteiger partial charge is 0.207 e. The van der Waals surface area contributed by atoms with Gasteiger partial charge >= 0.3 is 0 Å². The number of hydrogen-bond acceptors (Lipinski definition) is 0. The maximum atomic E-state index is 13.2. The lowest BCUT2D eigenvalue weighted by molar-refractivity contribution is 0.366. The quantitative estimate of drug-likeness (QED) is 0.0514. The zero-order valence-corrected chi connectivity index (χ0v) is 66.0. The van der Waals surface area contributed by atoms with E-state index in [4.69, 9.17) is 58.0 Å². The van der Waals surface area contributed by atoms with Crippen LogP contribution in [0.5, 0.6) is 0 Å². The predicted octanol–water partition coefficient (Wildman–Crippen LogP) is 29.1. The van der Waals surface area contributed by atoms with E-state index in [1.54, 1.807) is 32.9 Å². The minimum absolute atomic E-state index is 0.120. The lowest BCUT2D eigenvalue weighted by Gasteiger charge is -2.11. The molecule has 0 bridgehead atoms. The second kappa shape index (κ2) is 47.0. The van der Waals surface area contributed by atoms with Crippen LogP contribution in [0.25, 0.3) is 0 Å². The molecule has 0 amide bonds. The maximum Gasteiger partial charge on any atom is 0.200 e. The molecular formula is C85H108Cl5F9. The highest BCUT2D eigenvalue weighted by atomic mass is 35.5. The van der Waals surface area contributed by atoms with Crippen LogP contribution in [0.2, 0.25) is 25.1 Å². The summed E-state index contributed by atoms with van der Waals surface area (Å²) in [6.07, 6.45) is 6.86. The number of hydrogen-bond donors (Lipinski definition) is 0. The van der Waals surface area contributed by atoms with Gasteiger partial charge in [-0.1, -0.05) is 217 Å². The van der Waals surface area contributed by atoms with Gasteiger partial charge in [-0.15, -0.1) is 0 Å². The first-order valence-corrected chi connectivity index (χ1v) is 36.0. The van der Waals surface area contributed by atoms with E-state index in [-0.39, 0.29) is 24.0 Å². The van der Waals surface area contributed by atoms with Crippen LogP contribution in [0.3, 0.4) is 0 Å². The summed E-state index contributed by atoms with van der Waals surface area (Å²) in [5, 5.41) is 4.04. The molecule has 8 rings (SSSR count). The minimum atomic E-state index is -2.11. The first kappa shape index (κ1) is 91.6. The molecule has 0 heterocycles. The van der Waals surface area contributed by atoms with Crippen molar-refractivity contribution in [3.8, 4) is 0 Å². The Morgan fingerprint density at radius 3 is 1.01 bits per heavy atom. The summed E-state index contributed by atoms with van der Waals surface area (Å²) in [4.78, 5) is 0. The zero-order chi connectivity index (χ0) is 75.7. The van der Waals surface area contributed by atoms with Crippen LogP contribution in [0, 0.1) is 134 Å². The number of rotatable bonds is 16. The molecule has 0 N–H and O–H groups in total. The second-order valence-electron chi connectivity index (χ2n) is 28.8. The molecule has 0 nitrogen and oxygen atoms in total. The number of halogens is 14. The summed E-state index contributed by atoms with van der Waals surface area (Å²) >= 11 is 29.6. The van der Waals surface area contributed by atoms with Gasteiger partial charge in [-0.3, -0.25) is 0 Å². The fraction of sp³-hybridized carbons (Fsp3) is 0.435. The smallest absolute Gasteiger partial charge is 0.200 e. The topological polar surface area (TPSA) is 0 Å². The van der Waals surface area contributed by atoms with Crippen molar-refractivity contribution in [2.24, 2.45) is 47.3 Å². The Morgan fingerprint density at radius 1 is 0.242 bits per heavy atom. The Hall–Kier alpha value is -5.42. The second-order valence-corrected chi connectivity index (χ2v) is 30.9. The van der Waals surface area contributed by atoms with E-state index in [1.165, 1.54) is 62.7 Å². The van der Waals surface area contributed by atoms with Crippen molar-refractivity contribution < 1.29 is 39.5 Å². The van der Waals surface area contributed by atoms with Gasteiger partial charge in [-0.2, -0.15) is 0 Å². The third-order valence-corrected chi connectivity index (χ3v) is 15.8. The molecule has 546 valence electrons. The average Bonchev–Trinajstić information content (AvgIpc) is 0.802. The summed E-state index contributed by atoms with van der Waals surface area (Å²) in [6.45, 7) is 43.4. The van der Waals surface area contributed by atoms with E-state index < -0.39 is 46.3 Å². The summed E-state index contributed by atoms with van der Waals surface area (Å²) < 4.78 is 115. The molecule has 0 aromatic heterocycles. The lowest BCUT2D eigenvalue weighted by Crippen LogP contribution is -2.09. The first-order chi connectivity index (χ1) is 46.0. The van der Waals surface area contributed by atoms with Gasteiger partial charge in [0.1, 0.15) is 23.3 Å². The zero-order valence-electron chi connectivity index (χ0n) is 62.2. The van der Waals surface area contributed by atoms with E-state index in [0.717, 1.165) is 86.7 Å². The Labute approximate surface area is 614 Å². The highest BCUT2D eigenvalue weighted by molar-refractivity contribution is 6.35. The monoisotopic (exact) mass is 1470 g/mol. The molecule has 0 aliphatic heterocycles. The fourth-order valence-electron chi connectivity index (χ4n) is 10.3. The lowest BCUT2D eigenvalue weighted by atomic mass is 9.98. The maximum absolute atomic E-state index is 13.2. The fourth-order valence-corrected chi connectivity index (χ4v) is 11.6. The van der Waals surface area contributed by atoms with E-state index >= 15 is 0 Å². The summed E-state index contributed by atoms with van der Waals surface area (Å²) in [5.41, 5.74) is 12.8. The van der Waals surface area contributed by atoms with Crippen molar-refractivity contribution in [1.82, 2.24) is 0 Å². The van der Waals surface area contributed by atoms with Crippen molar-refractivity contribution in [1.29, 1.82) is 0 Å². The van der Waals surface area contributed by atoms with E-state index in [1.807, 2.05) is 82.3 Å². The molecule has 0 unspecified atom stereocenters. The van der Waals surface area contributed by atoms with E-state index in [0.29, 0.717) is 53.1 Å². The average molecular weight is 1480 g/mol. The summed E-state index contributed by atoms with van der Waals surface area (Å²) in [6, 6.07) is 38.6. The first-order valence-electron chi connectivity index (χ1n) is 34.1. The van der Waals surface area contributed by atoms with Gasteiger partial charge in [-0.05, 0) is 273 Å². The van der Waals surface area contributed by atoms with Crippen LogP contribution in [0.15, 0.2) is 127 Å². The SMILES string of the molecule is CC(C)Cc1c(F)c(F)c(F)c(F)c1F.CC(C)Cc1ccc(Cl)cc1.CC(C)Cc1ccc(F)cc1.Cc1cc(CC(C)C)ccc1Cl.Cc1cc(Cl)cc(CC(C)C)c1.Cc1cc(Cl)cc(Cl)c1CC(C)C.Cc1cc(F)cc(CC(C)C)c1.Cc1cc(F)cc(F)c1CC(C)C. The molecule has 99 heavy (non-hydrogen) atoms. The van der Waals surface area contributed by atoms with Gasteiger partial charge in [0.25, 0.3) is 0 Å². The summed E-state index contributed by atoms with van der Waals surface area (Å²) in [5.74, 6) is -6.38. The molecule has 0 saturated heterocycles. The van der Waals surface area contributed by atoms with Gasteiger partial charge in [0, 0.05) is 36.7 Å². The number of aryl methyl sites for hydroxylation is 5. The third kappa shape index (κ3) is 39.0. The highest BCUT2D eigenvalue weighted by Gasteiger charge is 2.26. The van der Waals surface area contributed by atoms with Crippen LogP contribution >= 0.6 is 58.0 Å². The van der Waals surface area contributed by atoms with Crippen molar-refractivity contribution in [2.45, 2.75) is 197 Å². The Morgan fingerprint density at radius 2 is 0.596 bits per heavy atom. The Bertz CT molecular complexity index is 3360. The summed E-state index contributed by atoms with van der Waals surface area (Å²) in [7, 11) is 0. The third-order valence-electron chi connectivity index (χ3n) is 14.4. The minimum Gasteiger partial charge on any atom is -0.207 e. The Balaban J connectivity index is 0.000000567. The van der Waals surface area contributed by atoms with Gasteiger partial charge in [-0.25, -0.2) is 39.5 Å². The normalized spacial score (nSPS) is 10.8. The van der Waals surface area contributed by atoms with Crippen LogP contribution in [0.1, 0.15) is 183 Å². The van der Waals surface area contributed by atoms with E-state index in [2.05, 4.69) is 133 Å². The Kier molecular flexibility index (Phi) is 43.4. The standard InChI is InChI=1S/C11H14Cl2.2C11H15Cl.C11H14F2.C11H15F.C10H13Cl.C10H9F5.C10H13F/c1-7(2)4-10-8(3)5-9(12)6-11(10)13;1-8(2)4-10-5-9(3)6-11(12)7-10;1-8(2)6-10-4-5-11(12)9(3)7-10;1-7(2)4-10-8(3)5-9(12)6-11(10)13;1-8(2)4-10-5-9(3)6-11(12)7-10;1-8(2)7-9-3-5-10(11)6-4-9;1-4(2)3-5-6(11)8(13)10(15)9(14)7(5)12;1-8(2)7-9-3-5-10(11)6-4-9/h5-7H,4H2,1-3H3;5-8H,4H2,1-3H3;4-5,7-8H,6H2,1-3H3;5-7H,4H2,1-3H3;5-8H,4H2,1-3H3;3-6,8H,7H2,1-2H3;4H,3H2,1-2H3;3-6,8H,7H2,1-2H3. The molecular weight excluding hydrogens is 1370 g/mol. The molecule has 14 heteroatoms. The van der Waals surface area contributed by atoms with Crippen LogP contribution in [-0.2, 0) is 51.4 Å².